The number of amides is 1. The highest BCUT2D eigenvalue weighted by atomic mass is 79.9. The van der Waals surface area contributed by atoms with Gasteiger partial charge in [0.2, 0.25) is 5.91 Å². The summed E-state index contributed by atoms with van der Waals surface area (Å²) in [4.78, 5) is 14.9. The minimum atomic E-state index is -0.355. The lowest BCUT2D eigenvalue weighted by molar-refractivity contribution is -0.148. The van der Waals surface area contributed by atoms with E-state index in [1.807, 2.05) is 36.1 Å². The zero-order chi connectivity index (χ0) is 15.0. The monoisotopic (exact) mass is 353 g/mol. The number of ether oxygens (including phenoxy) is 1. The number of carbonyl (C=O) groups excluding carboxylic acids is 1. The zero-order valence-electron chi connectivity index (χ0n) is 12.1. The predicted octanol–water partition coefficient (Wildman–Crippen LogP) is 2.09. The van der Waals surface area contributed by atoms with E-state index >= 15 is 0 Å². The van der Waals surface area contributed by atoms with Gasteiger partial charge in [-0.15, -0.1) is 0 Å². The molecule has 1 heterocycles. The number of morpholine rings is 1. The highest BCUT2D eigenvalue weighted by Crippen LogP contribution is 2.50. The molecular weight excluding hydrogens is 334 g/mol. The summed E-state index contributed by atoms with van der Waals surface area (Å²) in [5.41, 5.74) is 0.738. The van der Waals surface area contributed by atoms with E-state index < -0.39 is 0 Å². The summed E-state index contributed by atoms with van der Waals surface area (Å²) >= 11 is 3.43. The Morgan fingerprint density at radius 2 is 2.10 bits per heavy atom. The van der Waals surface area contributed by atoms with Gasteiger partial charge < -0.3 is 14.7 Å². The fourth-order valence-electron chi connectivity index (χ4n) is 3.01. The summed E-state index contributed by atoms with van der Waals surface area (Å²) < 4.78 is 6.55. The molecule has 0 radical (unpaired) electrons. The largest absolute Gasteiger partial charge is 0.394 e. The molecular formula is C16H20BrNO3. The van der Waals surface area contributed by atoms with E-state index in [2.05, 4.69) is 15.9 Å². The van der Waals surface area contributed by atoms with E-state index in [4.69, 9.17) is 4.74 Å². The van der Waals surface area contributed by atoms with Crippen molar-refractivity contribution in [3.63, 3.8) is 0 Å². The van der Waals surface area contributed by atoms with Gasteiger partial charge in [-0.25, -0.2) is 0 Å². The third-order valence-electron chi connectivity index (χ3n) is 4.53. The molecule has 4 nitrogen and oxygen atoms in total. The Kier molecular flexibility index (Phi) is 4.08. The van der Waals surface area contributed by atoms with E-state index in [1.54, 1.807) is 0 Å². The molecule has 1 aromatic carbocycles. The van der Waals surface area contributed by atoms with Gasteiger partial charge in [0.05, 0.1) is 30.8 Å². The molecule has 1 aliphatic heterocycles. The van der Waals surface area contributed by atoms with Crippen LogP contribution < -0.4 is 0 Å². The summed E-state index contributed by atoms with van der Waals surface area (Å²) in [6.45, 7) is 2.94. The second-order valence-electron chi connectivity index (χ2n) is 6.03. The topological polar surface area (TPSA) is 49.8 Å². The minimum absolute atomic E-state index is 0.0399. The van der Waals surface area contributed by atoms with Crippen LogP contribution >= 0.6 is 15.9 Å². The third kappa shape index (κ3) is 2.74. The molecule has 1 saturated carbocycles. The Hall–Kier alpha value is -0.910. The first-order valence-corrected chi connectivity index (χ1v) is 8.16. The molecule has 2 unspecified atom stereocenters. The zero-order valence-corrected chi connectivity index (χ0v) is 13.7. The highest BCUT2D eigenvalue weighted by molar-refractivity contribution is 9.10. The summed E-state index contributed by atoms with van der Waals surface area (Å²) in [6, 6.07) is 8.10. The Balaban J connectivity index is 1.82. The molecule has 0 aromatic heterocycles. The van der Waals surface area contributed by atoms with Gasteiger partial charge in [0.15, 0.2) is 0 Å². The molecule has 114 valence electrons. The standard InChI is InChI=1S/C16H20BrNO3/c1-11-10-21-14(9-19)8-18(11)15(20)16(6-7-16)12-2-4-13(17)5-3-12/h2-5,11,14,19H,6-10H2,1H3. The molecule has 1 N–H and O–H groups in total. The van der Waals surface area contributed by atoms with E-state index in [1.165, 1.54) is 0 Å². The minimum Gasteiger partial charge on any atom is -0.394 e. The van der Waals surface area contributed by atoms with Crippen molar-refractivity contribution in [1.29, 1.82) is 0 Å². The van der Waals surface area contributed by atoms with Crippen LogP contribution in [-0.2, 0) is 14.9 Å². The van der Waals surface area contributed by atoms with Crippen LogP contribution in [0.25, 0.3) is 0 Å². The summed E-state index contributed by atoms with van der Waals surface area (Å²) in [7, 11) is 0. The molecule has 0 bridgehead atoms. The maximum atomic E-state index is 13.0. The smallest absolute Gasteiger partial charge is 0.233 e. The second-order valence-corrected chi connectivity index (χ2v) is 6.95. The Labute approximate surface area is 133 Å². The van der Waals surface area contributed by atoms with Gasteiger partial charge >= 0.3 is 0 Å². The Morgan fingerprint density at radius 1 is 1.43 bits per heavy atom. The molecule has 2 aliphatic rings. The van der Waals surface area contributed by atoms with Crippen LogP contribution in [0.3, 0.4) is 0 Å². The molecule has 5 heteroatoms. The van der Waals surface area contributed by atoms with Crippen LogP contribution in [-0.4, -0.2) is 47.8 Å². The van der Waals surface area contributed by atoms with Crippen LogP contribution in [0.15, 0.2) is 28.7 Å². The van der Waals surface area contributed by atoms with Gasteiger partial charge in [0.25, 0.3) is 0 Å². The second kappa shape index (κ2) is 5.71. The van der Waals surface area contributed by atoms with Crippen molar-refractivity contribution in [2.24, 2.45) is 0 Å². The van der Waals surface area contributed by atoms with Crippen molar-refractivity contribution >= 4 is 21.8 Å². The van der Waals surface area contributed by atoms with Crippen molar-refractivity contribution in [3.05, 3.63) is 34.3 Å². The lowest BCUT2D eigenvalue weighted by Gasteiger charge is -2.39. The molecule has 0 spiro atoms. The van der Waals surface area contributed by atoms with Gasteiger partial charge in [0, 0.05) is 11.0 Å². The summed E-state index contributed by atoms with van der Waals surface area (Å²) in [5, 5.41) is 9.27. The number of benzene rings is 1. The number of halogens is 1. The van der Waals surface area contributed by atoms with E-state index in [9.17, 15) is 9.90 Å². The van der Waals surface area contributed by atoms with Gasteiger partial charge in [-0.2, -0.15) is 0 Å². The Morgan fingerprint density at radius 3 is 2.67 bits per heavy atom. The van der Waals surface area contributed by atoms with E-state index in [-0.39, 0.29) is 30.1 Å². The van der Waals surface area contributed by atoms with Crippen molar-refractivity contribution in [2.45, 2.75) is 37.3 Å². The van der Waals surface area contributed by atoms with Crippen LogP contribution in [0.1, 0.15) is 25.3 Å². The van der Waals surface area contributed by atoms with Crippen molar-refractivity contribution in [1.82, 2.24) is 4.90 Å². The first-order chi connectivity index (χ1) is 10.1. The quantitative estimate of drug-likeness (QED) is 0.904. The molecule has 1 saturated heterocycles. The lowest BCUT2D eigenvalue weighted by atomic mass is 9.93. The maximum absolute atomic E-state index is 13.0. The molecule has 3 rings (SSSR count). The predicted molar refractivity (Wildman–Crippen MR) is 83.1 cm³/mol. The normalized spacial score (nSPS) is 27.5. The average molecular weight is 354 g/mol. The van der Waals surface area contributed by atoms with Crippen molar-refractivity contribution in [3.8, 4) is 0 Å². The lowest BCUT2D eigenvalue weighted by Crippen LogP contribution is -2.54. The fourth-order valence-corrected chi connectivity index (χ4v) is 3.27. The molecule has 2 fully saturated rings. The van der Waals surface area contributed by atoms with Gasteiger partial charge in [-0.3, -0.25) is 4.79 Å². The average Bonchev–Trinajstić information content (AvgIpc) is 3.29. The molecule has 1 aliphatic carbocycles. The third-order valence-corrected chi connectivity index (χ3v) is 5.05. The fraction of sp³-hybridized carbons (Fsp3) is 0.562. The number of hydrogen-bond donors (Lipinski definition) is 1. The van der Waals surface area contributed by atoms with Gasteiger partial charge in [0.1, 0.15) is 0 Å². The molecule has 21 heavy (non-hydrogen) atoms. The van der Waals surface area contributed by atoms with Crippen LogP contribution in [0.5, 0.6) is 0 Å². The number of nitrogens with zero attached hydrogens (tertiary/aromatic N) is 1. The van der Waals surface area contributed by atoms with Crippen LogP contribution in [0.2, 0.25) is 0 Å². The number of aliphatic hydroxyl groups is 1. The van der Waals surface area contributed by atoms with Crippen molar-refractivity contribution in [2.75, 3.05) is 19.8 Å². The highest BCUT2D eigenvalue weighted by Gasteiger charge is 2.54. The van der Waals surface area contributed by atoms with Crippen LogP contribution in [0, 0.1) is 0 Å². The first kappa shape index (κ1) is 15.0. The number of hydrogen-bond acceptors (Lipinski definition) is 3. The van der Waals surface area contributed by atoms with E-state index in [0.717, 1.165) is 22.9 Å². The first-order valence-electron chi connectivity index (χ1n) is 7.36. The summed E-state index contributed by atoms with van der Waals surface area (Å²) in [5.74, 6) is 0.180. The summed E-state index contributed by atoms with van der Waals surface area (Å²) in [6.07, 6.45) is 1.55. The molecule has 1 amide bonds. The molecule has 1 aromatic rings. The number of aliphatic hydroxyl groups excluding tert-OH is 1. The maximum Gasteiger partial charge on any atom is 0.233 e. The number of rotatable bonds is 3. The van der Waals surface area contributed by atoms with Crippen LogP contribution in [0.4, 0.5) is 0 Å². The number of carbonyl (C=O) groups is 1. The van der Waals surface area contributed by atoms with Crippen molar-refractivity contribution < 1.29 is 14.6 Å². The SMILES string of the molecule is CC1COC(CO)CN1C(=O)C1(c2ccc(Br)cc2)CC1. The van der Waals surface area contributed by atoms with Gasteiger partial charge in [-0.05, 0) is 37.5 Å². The van der Waals surface area contributed by atoms with E-state index in [0.29, 0.717) is 13.2 Å². The molecule has 2 atom stereocenters. The van der Waals surface area contributed by atoms with Gasteiger partial charge in [-0.1, -0.05) is 28.1 Å². The Bertz CT molecular complexity index is 527.